The lowest BCUT2D eigenvalue weighted by Crippen LogP contribution is -2.41. The van der Waals surface area contributed by atoms with E-state index in [4.69, 9.17) is 9.47 Å². The third kappa shape index (κ3) is 3.47. The second-order valence-corrected chi connectivity index (χ2v) is 6.53. The molecule has 2 heterocycles. The van der Waals surface area contributed by atoms with E-state index in [1.54, 1.807) is 12.1 Å². The Morgan fingerprint density at radius 1 is 0.857 bits per heavy atom. The quantitative estimate of drug-likeness (QED) is 0.569. The first-order valence-electron chi connectivity index (χ1n) is 8.85. The summed E-state index contributed by atoms with van der Waals surface area (Å²) in [6, 6.07) is 8.85. The van der Waals surface area contributed by atoms with E-state index in [-0.39, 0.29) is 11.4 Å². The third-order valence-electron chi connectivity index (χ3n) is 4.85. The average molecular weight is 386 g/mol. The summed E-state index contributed by atoms with van der Waals surface area (Å²) in [6.07, 6.45) is 0. The van der Waals surface area contributed by atoms with Crippen LogP contribution in [0, 0.1) is 20.2 Å². The molecule has 4 rings (SSSR count). The molecule has 0 unspecified atom stereocenters. The van der Waals surface area contributed by atoms with Crippen molar-refractivity contribution in [2.24, 2.45) is 0 Å². The van der Waals surface area contributed by atoms with Crippen LogP contribution in [0.15, 0.2) is 36.4 Å². The van der Waals surface area contributed by atoms with Crippen LogP contribution >= 0.6 is 0 Å². The Morgan fingerprint density at radius 3 is 1.89 bits per heavy atom. The minimum atomic E-state index is -0.495. The summed E-state index contributed by atoms with van der Waals surface area (Å²) in [6.45, 7) is 4.42. The summed E-state index contributed by atoms with van der Waals surface area (Å²) in [5, 5.41) is 22.2. The van der Waals surface area contributed by atoms with Gasteiger partial charge in [0.05, 0.1) is 46.6 Å². The van der Waals surface area contributed by atoms with Crippen molar-refractivity contribution in [1.82, 2.24) is 4.90 Å². The molecule has 146 valence electrons. The van der Waals surface area contributed by atoms with Crippen molar-refractivity contribution in [2.45, 2.75) is 0 Å². The third-order valence-corrected chi connectivity index (χ3v) is 4.85. The fourth-order valence-corrected chi connectivity index (χ4v) is 3.40. The Hall–Kier alpha value is -3.24. The summed E-state index contributed by atoms with van der Waals surface area (Å²) < 4.78 is 11.2. The van der Waals surface area contributed by atoms with Gasteiger partial charge in [0.15, 0.2) is 11.5 Å². The van der Waals surface area contributed by atoms with E-state index in [9.17, 15) is 20.2 Å². The van der Waals surface area contributed by atoms with Gasteiger partial charge in [0.25, 0.3) is 11.4 Å². The molecule has 0 bridgehead atoms. The highest BCUT2D eigenvalue weighted by Gasteiger charge is 2.28. The minimum Gasteiger partial charge on any atom is -0.452 e. The van der Waals surface area contributed by atoms with Gasteiger partial charge in [0.2, 0.25) is 0 Å². The molecule has 2 aromatic carbocycles. The van der Waals surface area contributed by atoms with Crippen LogP contribution in [0.25, 0.3) is 0 Å². The molecule has 0 radical (unpaired) electrons. The molecule has 2 aliphatic heterocycles. The summed E-state index contributed by atoms with van der Waals surface area (Å²) in [7, 11) is 0. The fraction of sp³-hybridized carbons (Fsp3) is 0.333. The van der Waals surface area contributed by atoms with Crippen LogP contribution in [0.1, 0.15) is 0 Å². The number of anilines is 2. The number of nitro benzene ring substituents is 2. The van der Waals surface area contributed by atoms with E-state index in [1.807, 2.05) is 4.90 Å². The zero-order valence-electron chi connectivity index (χ0n) is 14.9. The van der Waals surface area contributed by atoms with Crippen LogP contribution in [0.4, 0.5) is 22.7 Å². The van der Waals surface area contributed by atoms with Crippen molar-refractivity contribution < 1.29 is 19.3 Å². The number of non-ortho nitro benzene ring substituents is 2. The zero-order valence-corrected chi connectivity index (χ0v) is 14.9. The highest BCUT2D eigenvalue weighted by atomic mass is 16.6. The van der Waals surface area contributed by atoms with Gasteiger partial charge < -0.3 is 14.4 Å². The topological polar surface area (TPSA) is 111 Å². The van der Waals surface area contributed by atoms with Crippen molar-refractivity contribution in [3.63, 3.8) is 0 Å². The van der Waals surface area contributed by atoms with E-state index in [1.165, 1.54) is 24.3 Å². The van der Waals surface area contributed by atoms with Gasteiger partial charge in [0, 0.05) is 38.3 Å². The first kappa shape index (κ1) is 18.1. The Kier molecular flexibility index (Phi) is 4.80. The molecule has 2 aliphatic rings. The molecule has 2 aromatic rings. The molecule has 1 saturated heterocycles. The summed E-state index contributed by atoms with van der Waals surface area (Å²) in [5.41, 5.74) is 1.20. The normalized spacial score (nSPS) is 16.1. The van der Waals surface area contributed by atoms with Gasteiger partial charge in [-0.2, -0.15) is 0 Å². The van der Waals surface area contributed by atoms with Crippen molar-refractivity contribution >= 4 is 22.7 Å². The number of nitro groups is 2. The van der Waals surface area contributed by atoms with Gasteiger partial charge in [-0.3, -0.25) is 25.1 Å². The number of rotatable bonds is 5. The fourth-order valence-electron chi connectivity index (χ4n) is 3.40. The molecule has 0 saturated carbocycles. The Morgan fingerprint density at radius 2 is 1.39 bits per heavy atom. The van der Waals surface area contributed by atoms with Crippen molar-refractivity contribution in [1.29, 1.82) is 0 Å². The second kappa shape index (κ2) is 7.41. The highest BCUT2D eigenvalue weighted by molar-refractivity contribution is 5.80. The summed E-state index contributed by atoms with van der Waals surface area (Å²) >= 11 is 0. The van der Waals surface area contributed by atoms with Gasteiger partial charge in [-0.25, -0.2) is 0 Å². The molecule has 0 N–H and O–H groups in total. The summed E-state index contributed by atoms with van der Waals surface area (Å²) in [5.74, 6) is 0.619. The van der Waals surface area contributed by atoms with Crippen molar-refractivity contribution in [3.05, 3.63) is 56.6 Å². The predicted octanol–water partition coefficient (Wildman–Crippen LogP) is 3.08. The maximum Gasteiger partial charge on any atom is 0.273 e. The number of fused-ring (bicyclic) bond motifs is 2. The average Bonchev–Trinajstić information content (AvgIpc) is 2.70. The SMILES string of the molecule is O=[N+]([O-])c1ccc2c(c1)Oc1cc([N+](=O)[O-])ccc1N2CCN1CCOCC1. The predicted molar refractivity (Wildman–Crippen MR) is 101 cm³/mol. The molecule has 28 heavy (non-hydrogen) atoms. The van der Waals surface area contributed by atoms with E-state index in [2.05, 4.69) is 4.90 Å². The molecular weight excluding hydrogens is 368 g/mol. The Balaban J connectivity index is 1.69. The molecule has 0 amide bonds. The number of hydrogen-bond acceptors (Lipinski definition) is 8. The number of morpholine rings is 1. The Labute approximate surface area is 160 Å². The van der Waals surface area contributed by atoms with Crippen LogP contribution in [0.2, 0.25) is 0 Å². The molecule has 10 nitrogen and oxygen atoms in total. The van der Waals surface area contributed by atoms with Crippen LogP contribution < -0.4 is 9.64 Å². The van der Waals surface area contributed by atoms with Crippen LogP contribution in [0.3, 0.4) is 0 Å². The smallest absolute Gasteiger partial charge is 0.273 e. The molecule has 0 atom stereocenters. The van der Waals surface area contributed by atoms with Crippen molar-refractivity contribution in [3.8, 4) is 11.5 Å². The molecule has 10 heteroatoms. The number of nitrogens with zero attached hydrogens (tertiary/aromatic N) is 4. The zero-order chi connectivity index (χ0) is 19.7. The van der Waals surface area contributed by atoms with Gasteiger partial charge in [-0.15, -0.1) is 0 Å². The van der Waals surface area contributed by atoms with Gasteiger partial charge in [0.1, 0.15) is 0 Å². The lowest BCUT2D eigenvalue weighted by Gasteiger charge is -2.35. The first-order valence-corrected chi connectivity index (χ1v) is 8.85. The van der Waals surface area contributed by atoms with E-state index in [0.717, 1.165) is 19.6 Å². The first-order chi connectivity index (χ1) is 13.5. The molecular formula is C18H18N4O6. The number of hydrogen-bond donors (Lipinski definition) is 0. The monoisotopic (exact) mass is 386 g/mol. The molecule has 1 fully saturated rings. The van der Waals surface area contributed by atoms with Gasteiger partial charge in [-0.05, 0) is 12.1 Å². The maximum atomic E-state index is 11.1. The van der Waals surface area contributed by atoms with Gasteiger partial charge in [-0.1, -0.05) is 0 Å². The van der Waals surface area contributed by atoms with Crippen LogP contribution in [0.5, 0.6) is 11.5 Å². The largest absolute Gasteiger partial charge is 0.452 e. The van der Waals surface area contributed by atoms with Gasteiger partial charge >= 0.3 is 0 Å². The standard InChI is InChI=1S/C18H18N4O6/c23-21(24)13-1-3-15-17(11-13)28-18-12-14(22(25)26)2-4-16(18)20(15)6-5-19-7-9-27-10-8-19/h1-4,11-12H,5-10H2. The second-order valence-electron chi connectivity index (χ2n) is 6.53. The van der Waals surface area contributed by atoms with E-state index < -0.39 is 9.85 Å². The highest BCUT2D eigenvalue weighted by Crippen LogP contribution is 2.48. The molecule has 0 spiro atoms. The molecule has 0 aromatic heterocycles. The van der Waals surface area contributed by atoms with E-state index in [0.29, 0.717) is 42.6 Å². The van der Waals surface area contributed by atoms with Crippen LogP contribution in [-0.2, 0) is 4.74 Å². The van der Waals surface area contributed by atoms with Crippen molar-refractivity contribution in [2.75, 3.05) is 44.3 Å². The maximum absolute atomic E-state index is 11.1. The Bertz CT molecular complexity index is 865. The molecule has 0 aliphatic carbocycles. The number of benzene rings is 2. The van der Waals surface area contributed by atoms with E-state index >= 15 is 0 Å². The van der Waals surface area contributed by atoms with Crippen LogP contribution in [-0.4, -0.2) is 54.1 Å². The number of ether oxygens (including phenoxy) is 2. The summed E-state index contributed by atoms with van der Waals surface area (Å²) in [4.78, 5) is 25.5. The lowest BCUT2D eigenvalue weighted by molar-refractivity contribution is -0.384. The minimum absolute atomic E-state index is 0.0965. The lowest BCUT2D eigenvalue weighted by atomic mass is 10.1.